The quantitative estimate of drug-likeness (QED) is 0.805. The summed E-state index contributed by atoms with van der Waals surface area (Å²) in [6, 6.07) is 11.6. The number of nitrogens with zero attached hydrogens (tertiary/aromatic N) is 3. The van der Waals surface area contributed by atoms with E-state index >= 15 is 0 Å². The van der Waals surface area contributed by atoms with Gasteiger partial charge in [0.2, 0.25) is 0 Å². The van der Waals surface area contributed by atoms with Gasteiger partial charge in [-0.1, -0.05) is 18.2 Å². The standard InChI is InChI=1S/C18H20N4O/c1-13(20-18(23)16-9-12-21(3)14(16)2)15-7-4-5-8-17(15)22-11-6-10-19-22/h4-13H,1-3H3,(H,20,23)/t13-/m1/s1. The molecule has 118 valence electrons. The van der Waals surface area contributed by atoms with Crippen molar-refractivity contribution in [3.63, 3.8) is 0 Å². The van der Waals surface area contributed by atoms with Crippen LogP contribution in [0, 0.1) is 6.92 Å². The fourth-order valence-corrected chi connectivity index (χ4v) is 2.67. The predicted molar refractivity (Wildman–Crippen MR) is 89.6 cm³/mol. The summed E-state index contributed by atoms with van der Waals surface area (Å²) in [5.41, 5.74) is 3.65. The fourth-order valence-electron chi connectivity index (χ4n) is 2.67. The van der Waals surface area contributed by atoms with Crippen molar-refractivity contribution in [1.29, 1.82) is 0 Å². The van der Waals surface area contributed by atoms with Crippen molar-refractivity contribution in [2.24, 2.45) is 7.05 Å². The zero-order chi connectivity index (χ0) is 16.4. The van der Waals surface area contributed by atoms with Crippen molar-refractivity contribution in [2.45, 2.75) is 19.9 Å². The van der Waals surface area contributed by atoms with E-state index in [4.69, 9.17) is 0 Å². The van der Waals surface area contributed by atoms with Crippen LogP contribution in [0.4, 0.5) is 0 Å². The number of aryl methyl sites for hydroxylation is 1. The van der Waals surface area contributed by atoms with E-state index in [0.717, 1.165) is 16.9 Å². The molecule has 0 saturated carbocycles. The lowest BCUT2D eigenvalue weighted by Crippen LogP contribution is -2.27. The van der Waals surface area contributed by atoms with E-state index in [9.17, 15) is 4.79 Å². The molecule has 3 rings (SSSR count). The van der Waals surface area contributed by atoms with Crippen molar-refractivity contribution in [2.75, 3.05) is 0 Å². The highest BCUT2D eigenvalue weighted by molar-refractivity contribution is 5.95. The summed E-state index contributed by atoms with van der Waals surface area (Å²) < 4.78 is 3.75. The third-order valence-electron chi connectivity index (χ3n) is 4.13. The molecule has 0 radical (unpaired) electrons. The third kappa shape index (κ3) is 2.90. The zero-order valence-corrected chi connectivity index (χ0v) is 13.5. The van der Waals surface area contributed by atoms with Gasteiger partial charge in [0.05, 0.1) is 17.3 Å². The number of amides is 1. The Balaban J connectivity index is 1.86. The summed E-state index contributed by atoms with van der Waals surface area (Å²) in [5, 5.41) is 7.36. The molecule has 1 N–H and O–H groups in total. The van der Waals surface area contributed by atoms with Gasteiger partial charge < -0.3 is 9.88 Å². The van der Waals surface area contributed by atoms with E-state index in [1.807, 2.05) is 78.9 Å². The lowest BCUT2D eigenvalue weighted by atomic mass is 10.1. The van der Waals surface area contributed by atoms with Gasteiger partial charge in [-0.3, -0.25) is 4.79 Å². The maximum Gasteiger partial charge on any atom is 0.253 e. The van der Waals surface area contributed by atoms with E-state index in [-0.39, 0.29) is 11.9 Å². The van der Waals surface area contributed by atoms with Gasteiger partial charge in [0.15, 0.2) is 0 Å². The average molecular weight is 308 g/mol. The number of carbonyl (C=O) groups excluding carboxylic acids is 1. The second-order valence-corrected chi connectivity index (χ2v) is 5.63. The Morgan fingerprint density at radius 2 is 1.96 bits per heavy atom. The van der Waals surface area contributed by atoms with Crippen LogP contribution in [0.15, 0.2) is 55.0 Å². The Kier molecular flexibility index (Phi) is 4.02. The second-order valence-electron chi connectivity index (χ2n) is 5.63. The first-order chi connectivity index (χ1) is 11.1. The van der Waals surface area contributed by atoms with Crippen LogP contribution in [0.2, 0.25) is 0 Å². The topological polar surface area (TPSA) is 51.9 Å². The summed E-state index contributed by atoms with van der Waals surface area (Å²) in [4.78, 5) is 12.5. The first-order valence-electron chi connectivity index (χ1n) is 7.59. The minimum atomic E-state index is -0.123. The Morgan fingerprint density at radius 1 is 1.17 bits per heavy atom. The summed E-state index contributed by atoms with van der Waals surface area (Å²) >= 11 is 0. The van der Waals surface area contributed by atoms with Gasteiger partial charge in [0, 0.05) is 31.3 Å². The molecule has 0 fully saturated rings. The molecule has 2 heterocycles. The molecule has 5 heteroatoms. The fraction of sp³-hybridized carbons (Fsp3) is 0.222. The highest BCUT2D eigenvalue weighted by Crippen LogP contribution is 2.21. The molecule has 0 aliphatic heterocycles. The Hall–Kier alpha value is -2.82. The molecule has 1 amide bonds. The lowest BCUT2D eigenvalue weighted by Gasteiger charge is -2.18. The van der Waals surface area contributed by atoms with Gasteiger partial charge in [-0.05, 0) is 37.6 Å². The van der Waals surface area contributed by atoms with Crippen molar-refractivity contribution in [3.8, 4) is 5.69 Å². The lowest BCUT2D eigenvalue weighted by molar-refractivity contribution is 0.0939. The van der Waals surface area contributed by atoms with E-state index in [2.05, 4.69) is 10.4 Å². The van der Waals surface area contributed by atoms with Crippen LogP contribution in [0.1, 0.15) is 34.6 Å². The van der Waals surface area contributed by atoms with Crippen molar-refractivity contribution in [3.05, 3.63) is 71.8 Å². The second kappa shape index (κ2) is 6.12. The summed E-state index contributed by atoms with van der Waals surface area (Å²) in [6.45, 7) is 3.93. The van der Waals surface area contributed by atoms with Crippen LogP contribution in [0.3, 0.4) is 0 Å². The molecule has 1 atom stereocenters. The normalized spacial score (nSPS) is 12.1. The number of aromatic nitrogens is 3. The monoisotopic (exact) mass is 308 g/mol. The van der Waals surface area contributed by atoms with Gasteiger partial charge in [-0.25, -0.2) is 4.68 Å². The molecule has 0 spiro atoms. The zero-order valence-electron chi connectivity index (χ0n) is 13.5. The number of rotatable bonds is 4. The Labute approximate surface area is 135 Å². The van der Waals surface area contributed by atoms with Gasteiger partial charge in [-0.15, -0.1) is 0 Å². The van der Waals surface area contributed by atoms with Gasteiger partial charge in [0.1, 0.15) is 0 Å². The molecule has 5 nitrogen and oxygen atoms in total. The third-order valence-corrected chi connectivity index (χ3v) is 4.13. The number of carbonyl (C=O) groups is 1. The molecule has 3 aromatic rings. The first-order valence-corrected chi connectivity index (χ1v) is 7.59. The van der Waals surface area contributed by atoms with E-state index < -0.39 is 0 Å². The summed E-state index contributed by atoms with van der Waals surface area (Å²) in [5.74, 6) is -0.0640. The van der Waals surface area contributed by atoms with Crippen LogP contribution in [-0.4, -0.2) is 20.3 Å². The molecule has 2 aromatic heterocycles. The van der Waals surface area contributed by atoms with E-state index in [1.165, 1.54) is 0 Å². The maximum absolute atomic E-state index is 12.5. The maximum atomic E-state index is 12.5. The van der Waals surface area contributed by atoms with Crippen LogP contribution in [0.25, 0.3) is 5.69 Å². The predicted octanol–water partition coefficient (Wildman–Crippen LogP) is 3.01. The van der Waals surface area contributed by atoms with E-state index in [1.54, 1.807) is 6.20 Å². The van der Waals surface area contributed by atoms with Gasteiger partial charge in [-0.2, -0.15) is 5.10 Å². The van der Waals surface area contributed by atoms with Crippen LogP contribution in [0.5, 0.6) is 0 Å². The number of hydrogen-bond acceptors (Lipinski definition) is 2. The minimum absolute atomic E-state index is 0.0640. The Bertz CT molecular complexity index is 817. The van der Waals surface area contributed by atoms with Crippen LogP contribution < -0.4 is 5.32 Å². The molecule has 0 saturated heterocycles. The molecular weight excluding hydrogens is 288 g/mol. The molecule has 0 aliphatic rings. The largest absolute Gasteiger partial charge is 0.354 e. The van der Waals surface area contributed by atoms with Crippen molar-refractivity contribution < 1.29 is 4.79 Å². The summed E-state index contributed by atoms with van der Waals surface area (Å²) in [7, 11) is 1.93. The molecule has 0 bridgehead atoms. The SMILES string of the molecule is Cc1c(C(=O)N[C@H](C)c2ccccc2-n2cccn2)ccn1C. The van der Waals surface area contributed by atoms with Gasteiger partial charge >= 0.3 is 0 Å². The highest BCUT2D eigenvalue weighted by atomic mass is 16.1. The number of hydrogen-bond donors (Lipinski definition) is 1. The van der Waals surface area contributed by atoms with Crippen molar-refractivity contribution >= 4 is 5.91 Å². The highest BCUT2D eigenvalue weighted by Gasteiger charge is 2.17. The average Bonchev–Trinajstić information content (AvgIpc) is 3.18. The number of benzene rings is 1. The number of nitrogens with one attached hydrogen (secondary N) is 1. The molecular formula is C18H20N4O. The molecule has 0 aliphatic carbocycles. The molecule has 1 aromatic carbocycles. The van der Waals surface area contributed by atoms with Crippen LogP contribution >= 0.6 is 0 Å². The smallest absolute Gasteiger partial charge is 0.253 e. The van der Waals surface area contributed by atoms with Crippen molar-refractivity contribution in [1.82, 2.24) is 19.7 Å². The number of para-hydroxylation sites is 1. The minimum Gasteiger partial charge on any atom is -0.354 e. The van der Waals surface area contributed by atoms with Crippen LogP contribution in [-0.2, 0) is 7.05 Å². The summed E-state index contributed by atoms with van der Waals surface area (Å²) in [6.07, 6.45) is 5.54. The van der Waals surface area contributed by atoms with Gasteiger partial charge in [0.25, 0.3) is 5.91 Å². The Morgan fingerprint density at radius 3 is 2.61 bits per heavy atom. The first kappa shape index (κ1) is 15.1. The molecule has 23 heavy (non-hydrogen) atoms. The van der Waals surface area contributed by atoms with E-state index in [0.29, 0.717) is 5.56 Å². The molecule has 0 unspecified atom stereocenters.